The fourth-order valence-corrected chi connectivity index (χ4v) is 4.90. The van der Waals surface area contributed by atoms with E-state index in [2.05, 4.69) is 25.3 Å². The zero-order valence-corrected chi connectivity index (χ0v) is 21.9. The number of rotatable bonds is 6. The summed E-state index contributed by atoms with van der Waals surface area (Å²) in [6, 6.07) is 14.1. The summed E-state index contributed by atoms with van der Waals surface area (Å²) < 4.78 is 35.0. The van der Waals surface area contributed by atoms with Gasteiger partial charge in [0.2, 0.25) is 5.43 Å². The van der Waals surface area contributed by atoms with E-state index in [-0.39, 0.29) is 50.8 Å². The van der Waals surface area contributed by atoms with Crippen LogP contribution >= 0.6 is 0 Å². The van der Waals surface area contributed by atoms with E-state index >= 15 is 0 Å². The maximum absolute atomic E-state index is 14.7. The van der Waals surface area contributed by atoms with Crippen molar-refractivity contribution in [1.82, 2.24) is 19.9 Å². The van der Waals surface area contributed by atoms with Gasteiger partial charge in [-0.3, -0.25) is 10.2 Å². The van der Waals surface area contributed by atoms with Gasteiger partial charge in [0.15, 0.2) is 0 Å². The van der Waals surface area contributed by atoms with E-state index in [0.717, 1.165) is 16.9 Å². The quantitative estimate of drug-likeness (QED) is 0.189. The number of aromatic nitrogens is 4. The Bertz CT molecular complexity index is 2050. The van der Waals surface area contributed by atoms with Gasteiger partial charge in [-0.15, -0.1) is 0 Å². The minimum absolute atomic E-state index is 0.000760. The van der Waals surface area contributed by atoms with Gasteiger partial charge in [0.25, 0.3) is 0 Å². The van der Waals surface area contributed by atoms with Gasteiger partial charge in [0.1, 0.15) is 52.2 Å². The van der Waals surface area contributed by atoms with E-state index in [1.807, 2.05) is 6.92 Å². The predicted molar refractivity (Wildman–Crippen MR) is 153 cm³/mol. The van der Waals surface area contributed by atoms with Crippen LogP contribution in [0.5, 0.6) is 0 Å². The number of anilines is 2. The van der Waals surface area contributed by atoms with Crippen LogP contribution in [0.1, 0.15) is 35.7 Å². The van der Waals surface area contributed by atoms with Crippen molar-refractivity contribution in [3.8, 4) is 11.1 Å². The van der Waals surface area contributed by atoms with Crippen molar-refractivity contribution < 1.29 is 13.2 Å². The summed E-state index contributed by atoms with van der Waals surface area (Å²) in [4.78, 5) is 29.6. The minimum atomic E-state index is -0.757. The molecule has 3 aromatic carbocycles. The average molecular weight is 552 g/mol. The molecule has 0 saturated carbocycles. The Morgan fingerprint density at radius 1 is 1.10 bits per heavy atom. The number of nitrogens with two attached hydrogens (primary N) is 1. The maximum Gasteiger partial charge on any atom is 0.203 e. The Kier molecular flexibility index (Phi) is 6.26. The molecule has 11 heteroatoms. The first-order valence-corrected chi connectivity index (χ1v) is 12.6. The van der Waals surface area contributed by atoms with Gasteiger partial charge in [-0.2, -0.15) is 0 Å². The maximum atomic E-state index is 14.7. The fraction of sp³-hybridized carbons (Fsp3) is 0.100. The highest BCUT2D eigenvalue weighted by Crippen LogP contribution is 2.33. The predicted octanol–water partition coefficient (Wildman–Crippen LogP) is 5.88. The van der Waals surface area contributed by atoms with E-state index in [1.165, 1.54) is 42.7 Å². The Balaban J connectivity index is 1.46. The zero-order chi connectivity index (χ0) is 28.8. The molecule has 204 valence electrons. The highest BCUT2D eigenvalue weighted by atomic mass is 19.1. The third-order valence-corrected chi connectivity index (χ3v) is 6.77. The van der Waals surface area contributed by atoms with Crippen LogP contribution in [-0.4, -0.2) is 25.6 Å². The van der Waals surface area contributed by atoms with Gasteiger partial charge in [0.05, 0.1) is 33.9 Å². The van der Waals surface area contributed by atoms with E-state index in [4.69, 9.17) is 15.6 Å². The number of nitrogens with zero attached hydrogens (tertiary/aromatic N) is 3. The third kappa shape index (κ3) is 4.56. The molecule has 0 bridgehead atoms. The first-order chi connectivity index (χ1) is 19.7. The molecule has 5 N–H and O–H groups in total. The lowest BCUT2D eigenvalue weighted by molar-refractivity contribution is 0.512. The highest BCUT2D eigenvalue weighted by molar-refractivity contribution is 6.17. The first kappa shape index (κ1) is 25.8. The smallest absolute Gasteiger partial charge is 0.203 e. The summed E-state index contributed by atoms with van der Waals surface area (Å²) in [5.41, 5.74) is 8.21. The molecule has 1 atom stereocenters. The molecule has 3 heterocycles. The van der Waals surface area contributed by atoms with Crippen LogP contribution in [0.25, 0.3) is 33.1 Å². The van der Waals surface area contributed by atoms with Crippen molar-refractivity contribution in [2.75, 3.05) is 11.1 Å². The second-order valence-electron chi connectivity index (χ2n) is 9.57. The molecule has 6 rings (SSSR count). The first-order valence-electron chi connectivity index (χ1n) is 12.6. The summed E-state index contributed by atoms with van der Waals surface area (Å²) in [6.45, 7) is 3.55. The van der Waals surface area contributed by atoms with Crippen LogP contribution in [-0.2, 0) is 0 Å². The lowest BCUT2D eigenvalue weighted by Gasteiger charge is -2.20. The molecule has 1 unspecified atom stereocenters. The van der Waals surface area contributed by atoms with Crippen molar-refractivity contribution in [2.24, 2.45) is 0 Å². The van der Waals surface area contributed by atoms with Crippen molar-refractivity contribution in [3.63, 3.8) is 0 Å². The standard InChI is InChI=1S/C30H23F2N7O2/c1-14(28-23(16-5-3-6-18(31)11-16)27(40)24-19(32)7-4-8-22(24)41-28)37-30-25(29(34)35-13-36-30)26(33)17-9-10-20-21(12-17)39-15(2)38-20/h3-14,33H,1-2H3,(H,38,39)(H3,34,35,36,37). The van der Waals surface area contributed by atoms with Crippen LogP contribution < -0.4 is 16.5 Å². The second-order valence-corrected chi connectivity index (χ2v) is 9.57. The number of nitrogen functional groups attached to an aromatic ring is 1. The number of hydrogen-bond acceptors (Lipinski definition) is 8. The monoisotopic (exact) mass is 551 g/mol. The Morgan fingerprint density at radius 3 is 2.71 bits per heavy atom. The van der Waals surface area contributed by atoms with Gasteiger partial charge >= 0.3 is 0 Å². The second kappa shape index (κ2) is 9.94. The molecule has 0 fully saturated rings. The van der Waals surface area contributed by atoms with Crippen molar-refractivity contribution in [1.29, 1.82) is 5.41 Å². The molecule has 41 heavy (non-hydrogen) atoms. The number of aryl methyl sites for hydroxylation is 1. The number of aromatic amines is 1. The van der Waals surface area contributed by atoms with Crippen molar-refractivity contribution in [2.45, 2.75) is 19.9 Å². The molecule has 0 aliphatic rings. The molecule has 0 radical (unpaired) electrons. The van der Waals surface area contributed by atoms with E-state index < -0.39 is 23.1 Å². The fourth-order valence-electron chi connectivity index (χ4n) is 4.90. The van der Waals surface area contributed by atoms with E-state index in [1.54, 1.807) is 31.2 Å². The molecule has 0 saturated heterocycles. The minimum Gasteiger partial charge on any atom is -0.458 e. The number of nitrogens with one attached hydrogen (secondary N) is 3. The normalized spacial score (nSPS) is 12.1. The van der Waals surface area contributed by atoms with Gasteiger partial charge in [-0.05, 0) is 55.8 Å². The third-order valence-electron chi connectivity index (χ3n) is 6.77. The summed E-state index contributed by atoms with van der Waals surface area (Å²) in [5.74, 6) is -0.164. The average Bonchev–Trinajstić information content (AvgIpc) is 3.32. The number of halogens is 2. The van der Waals surface area contributed by atoms with E-state index in [9.17, 15) is 13.6 Å². The van der Waals surface area contributed by atoms with Crippen LogP contribution in [0.15, 0.2) is 76.2 Å². The van der Waals surface area contributed by atoms with Gasteiger partial charge in [-0.25, -0.2) is 23.7 Å². The number of benzene rings is 3. The number of fused-ring (bicyclic) bond motifs is 2. The van der Waals surface area contributed by atoms with Crippen molar-refractivity contribution >= 4 is 39.4 Å². The Labute approximate surface area is 231 Å². The molecule has 6 aromatic rings. The Morgan fingerprint density at radius 2 is 1.90 bits per heavy atom. The van der Waals surface area contributed by atoms with Gasteiger partial charge in [0, 0.05) is 5.56 Å². The van der Waals surface area contributed by atoms with Crippen LogP contribution in [0, 0.1) is 24.0 Å². The molecular weight excluding hydrogens is 528 g/mol. The lowest BCUT2D eigenvalue weighted by atomic mass is 9.98. The van der Waals surface area contributed by atoms with Crippen LogP contribution in [0.2, 0.25) is 0 Å². The molecule has 0 amide bonds. The van der Waals surface area contributed by atoms with Crippen molar-refractivity contribution in [3.05, 3.63) is 112 Å². The van der Waals surface area contributed by atoms with E-state index in [0.29, 0.717) is 5.56 Å². The summed E-state index contributed by atoms with van der Waals surface area (Å²) in [7, 11) is 0. The molecule has 0 spiro atoms. The summed E-state index contributed by atoms with van der Waals surface area (Å²) in [6.07, 6.45) is 1.25. The number of H-pyrrole nitrogens is 1. The van der Waals surface area contributed by atoms with Gasteiger partial charge < -0.3 is 20.5 Å². The summed E-state index contributed by atoms with van der Waals surface area (Å²) in [5, 5.41) is 11.9. The SMILES string of the molecule is Cc1nc2ccc(C(=N)c3c(N)ncnc3NC(C)c3oc4cccc(F)c4c(=O)c3-c3cccc(F)c3)cc2[nH]1. The molecule has 3 aromatic heterocycles. The highest BCUT2D eigenvalue weighted by Gasteiger charge is 2.25. The zero-order valence-electron chi connectivity index (χ0n) is 21.9. The lowest BCUT2D eigenvalue weighted by Crippen LogP contribution is -2.19. The molecule has 0 aliphatic carbocycles. The number of hydrogen-bond donors (Lipinski definition) is 4. The summed E-state index contributed by atoms with van der Waals surface area (Å²) >= 11 is 0. The topological polar surface area (TPSA) is 147 Å². The Hall–Kier alpha value is -5.45. The van der Waals surface area contributed by atoms with Crippen LogP contribution in [0.4, 0.5) is 20.4 Å². The van der Waals surface area contributed by atoms with Gasteiger partial charge in [-0.1, -0.05) is 24.3 Å². The largest absolute Gasteiger partial charge is 0.458 e. The molecule has 0 aliphatic heterocycles. The molecule has 9 nitrogen and oxygen atoms in total. The number of imidazole rings is 1. The van der Waals surface area contributed by atoms with Crippen LogP contribution in [0.3, 0.4) is 0 Å². The molecular formula is C30H23F2N7O2.